The van der Waals surface area contributed by atoms with Crippen LogP contribution in [0.2, 0.25) is 10.0 Å². The molecule has 0 radical (unpaired) electrons. The number of benzene rings is 2. The van der Waals surface area contributed by atoms with Crippen LogP contribution < -0.4 is 15.4 Å². The number of carbonyl (C=O) groups excluding carboxylic acids is 1. The van der Waals surface area contributed by atoms with Gasteiger partial charge in [0.1, 0.15) is 5.75 Å². The highest BCUT2D eigenvalue weighted by molar-refractivity contribution is 7.80. The first-order valence-electron chi connectivity index (χ1n) is 6.28. The molecule has 0 fully saturated rings. The van der Waals surface area contributed by atoms with Gasteiger partial charge in [0.25, 0.3) is 5.91 Å². The van der Waals surface area contributed by atoms with E-state index in [0.29, 0.717) is 21.5 Å². The fraction of sp³-hybridized carbons (Fsp3) is 0.0667. The molecule has 0 aliphatic heterocycles. The van der Waals surface area contributed by atoms with Gasteiger partial charge in [0.15, 0.2) is 11.7 Å². The molecule has 2 N–H and O–H groups in total. The summed E-state index contributed by atoms with van der Waals surface area (Å²) in [6.45, 7) is -0.132. The Morgan fingerprint density at radius 1 is 1.09 bits per heavy atom. The summed E-state index contributed by atoms with van der Waals surface area (Å²) < 4.78 is 5.32. The summed E-state index contributed by atoms with van der Waals surface area (Å²) in [5.74, 6) is 0.252. The predicted octanol–water partition coefficient (Wildman–Crippen LogP) is 3.89. The highest BCUT2D eigenvalue weighted by Crippen LogP contribution is 2.24. The summed E-state index contributed by atoms with van der Waals surface area (Å²) in [6, 6.07) is 14.0. The topological polar surface area (TPSA) is 50.4 Å². The van der Waals surface area contributed by atoms with Gasteiger partial charge in [-0.25, -0.2) is 0 Å². The van der Waals surface area contributed by atoms with E-state index in [9.17, 15) is 4.79 Å². The number of amides is 1. The normalized spacial score (nSPS) is 9.91. The van der Waals surface area contributed by atoms with Crippen LogP contribution in [-0.2, 0) is 4.79 Å². The quantitative estimate of drug-likeness (QED) is 0.818. The Kier molecular flexibility index (Phi) is 6.00. The third-order valence-corrected chi connectivity index (χ3v) is 3.49. The Hall–Kier alpha value is -1.82. The lowest BCUT2D eigenvalue weighted by atomic mass is 10.3. The minimum absolute atomic E-state index is 0.132. The maximum atomic E-state index is 11.7. The first kappa shape index (κ1) is 16.5. The number of ether oxygens (including phenoxy) is 1. The zero-order valence-electron chi connectivity index (χ0n) is 11.3. The van der Waals surface area contributed by atoms with E-state index in [1.165, 1.54) is 0 Å². The molecule has 2 aromatic rings. The molecule has 114 valence electrons. The number of anilines is 1. The van der Waals surface area contributed by atoms with Crippen molar-refractivity contribution < 1.29 is 9.53 Å². The summed E-state index contributed by atoms with van der Waals surface area (Å²) in [7, 11) is 0. The van der Waals surface area contributed by atoms with Crippen molar-refractivity contribution in [3.63, 3.8) is 0 Å². The number of para-hydroxylation sites is 1. The molecule has 2 aromatic carbocycles. The monoisotopic (exact) mass is 354 g/mol. The highest BCUT2D eigenvalue weighted by atomic mass is 35.5. The van der Waals surface area contributed by atoms with Gasteiger partial charge in [-0.3, -0.25) is 10.1 Å². The Morgan fingerprint density at radius 2 is 1.82 bits per heavy atom. The second kappa shape index (κ2) is 7.98. The molecule has 0 saturated heterocycles. The molecule has 0 aliphatic rings. The van der Waals surface area contributed by atoms with Crippen molar-refractivity contribution in [3.8, 4) is 5.75 Å². The minimum Gasteiger partial charge on any atom is -0.484 e. The van der Waals surface area contributed by atoms with E-state index in [4.69, 9.17) is 40.2 Å². The highest BCUT2D eigenvalue weighted by Gasteiger charge is 2.07. The number of thiocarbonyl (C=S) groups is 1. The maximum absolute atomic E-state index is 11.7. The number of rotatable bonds is 4. The number of carbonyl (C=O) groups is 1. The van der Waals surface area contributed by atoms with Gasteiger partial charge < -0.3 is 10.1 Å². The van der Waals surface area contributed by atoms with Gasteiger partial charge >= 0.3 is 0 Å². The van der Waals surface area contributed by atoms with Gasteiger partial charge in [0.2, 0.25) is 0 Å². The van der Waals surface area contributed by atoms with Crippen molar-refractivity contribution in [1.29, 1.82) is 0 Å². The smallest absolute Gasteiger partial charge is 0.264 e. The van der Waals surface area contributed by atoms with Gasteiger partial charge in [-0.1, -0.05) is 41.4 Å². The van der Waals surface area contributed by atoms with Crippen LogP contribution in [0.15, 0.2) is 48.5 Å². The predicted molar refractivity (Wildman–Crippen MR) is 92.8 cm³/mol. The molecule has 0 heterocycles. The molecule has 0 saturated carbocycles. The molecule has 1 amide bonds. The van der Waals surface area contributed by atoms with Crippen molar-refractivity contribution in [2.45, 2.75) is 0 Å². The van der Waals surface area contributed by atoms with Crippen molar-refractivity contribution in [3.05, 3.63) is 58.6 Å². The lowest BCUT2D eigenvalue weighted by Crippen LogP contribution is -2.37. The van der Waals surface area contributed by atoms with Crippen LogP contribution in [0.25, 0.3) is 0 Å². The van der Waals surface area contributed by atoms with Gasteiger partial charge in [0, 0.05) is 5.69 Å². The molecular weight excluding hydrogens is 343 g/mol. The molecular formula is C15H12Cl2N2O2S. The average molecular weight is 355 g/mol. The summed E-state index contributed by atoms with van der Waals surface area (Å²) in [5, 5.41) is 6.35. The summed E-state index contributed by atoms with van der Waals surface area (Å²) in [4.78, 5) is 11.7. The molecule has 0 bridgehead atoms. The fourth-order valence-electron chi connectivity index (χ4n) is 1.56. The molecule has 0 unspecified atom stereocenters. The van der Waals surface area contributed by atoms with E-state index in [1.54, 1.807) is 30.3 Å². The zero-order chi connectivity index (χ0) is 15.9. The van der Waals surface area contributed by atoms with Crippen LogP contribution in [-0.4, -0.2) is 17.6 Å². The van der Waals surface area contributed by atoms with Crippen LogP contribution >= 0.6 is 35.4 Å². The molecule has 22 heavy (non-hydrogen) atoms. The zero-order valence-corrected chi connectivity index (χ0v) is 13.6. The van der Waals surface area contributed by atoms with E-state index < -0.39 is 0 Å². The first-order valence-corrected chi connectivity index (χ1v) is 7.45. The summed E-state index contributed by atoms with van der Waals surface area (Å²) in [5.41, 5.74) is 0.628. The maximum Gasteiger partial charge on any atom is 0.264 e. The fourth-order valence-corrected chi connectivity index (χ4v) is 2.09. The lowest BCUT2D eigenvalue weighted by molar-refractivity contribution is -0.121. The average Bonchev–Trinajstić information content (AvgIpc) is 2.50. The Labute approximate surface area is 143 Å². The molecule has 0 aliphatic carbocycles. The van der Waals surface area contributed by atoms with E-state index in [1.807, 2.05) is 18.2 Å². The van der Waals surface area contributed by atoms with Crippen molar-refractivity contribution in [2.75, 3.05) is 11.9 Å². The number of nitrogens with one attached hydrogen (secondary N) is 2. The van der Waals surface area contributed by atoms with Crippen LogP contribution in [0, 0.1) is 0 Å². The van der Waals surface area contributed by atoms with Gasteiger partial charge in [-0.15, -0.1) is 0 Å². The van der Waals surface area contributed by atoms with Crippen molar-refractivity contribution in [1.82, 2.24) is 5.32 Å². The third kappa shape index (κ3) is 5.18. The van der Waals surface area contributed by atoms with Crippen molar-refractivity contribution >= 4 is 52.1 Å². The van der Waals surface area contributed by atoms with E-state index in [0.717, 1.165) is 0 Å². The Bertz CT molecular complexity index is 680. The molecule has 7 heteroatoms. The van der Waals surface area contributed by atoms with Gasteiger partial charge in [-0.2, -0.15) is 0 Å². The number of hydrogen-bond donors (Lipinski definition) is 2. The van der Waals surface area contributed by atoms with Crippen LogP contribution in [0.1, 0.15) is 0 Å². The van der Waals surface area contributed by atoms with E-state index in [2.05, 4.69) is 10.6 Å². The summed E-state index contributed by atoms with van der Waals surface area (Å²) in [6.07, 6.45) is 0. The SMILES string of the molecule is O=C(COc1ccccc1)NC(=S)Nc1ccc(Cl)c(Cl)c1. The van der Waals surface area contributed by atoms with Crippen molar-refractivity contribution in [2.24, 2.45) is 0 Å². The van der Waals surface area contributed by atoms with Crippen LogP contribution in [0.4, 0.5) is 5.69 Å². The van der Waals surface area contributed by atoms with Crippen LogP contribution in [0.3, 0.4) is 0 Å². The molecule has 0 spiro atoms. The number of hydrogen-bond acceptors (Lipinski definition) is 3. The van der Waals surface area contributed by atoms with E-state index >= 15 is 0 Å². The van der Waals surface area contributed by atoms with Crippen LogP contribution in [0.5, 0.6) is 5.75 Å². The first-order chi connectivity index (χ1) is 10.5. The summed E-state index contributed by atoms with van der Waals surface area (Å²) >= 11 is 16.8. The molecule has 2 rings (SSSR count). The second-order valence-electron chi connectivity index (χ2n) is 4.23. The molecule has 4 nitrogen and oxygen atoms in total. The van der Waals surface area contributed by atoms with Gasteiger partial charge in [-0.05, 0) is 42.5 Å². The largest absolute Gasteiger partial charge is 0.484 e. The lowest BCUT2D eigenvalue weighted by Gasteiger charge is -2.11. The standard InChI is InChI=1S/C15H12Cl2N2O2S/c16-12-7-6-10(8-13(12)17)18-15(22)19-14(20)9-21-11-4-2-1-3-5-11/h1-8H,9H2,(H2,18,19,20,22). The van der Waals surface area contributed by atoms with Gasteiger partial charge in [0.05, 0.1) is 10.0 Å². The Morgan fingerprint density at radius 3 is 2.50 bits per heavy atom. The Balaban J connectivity index is 1.81. The number of halogens is 2. The third-order valence-electron chi connectivity index (χ3n) is 2.54. The molecule has 0 atom stereocenters. The minimum atomic E-state index is -0.360. The second-order valence-corrected chi connectivity index (χ2v) is 5.46. The molecule has 0 aromatic heterocycles. The van der Waals surface area contributed by atoms with E-state index in [-0.39, 0.29) is 17.6 Å².